The van der Waals surface area contributed by atoms with Crippen LogP contribution in [0.3, 0.4) is 0 Å². The van der Waals surface area contributed by atoms with Crippen LogP contribution < -0.4 is 4.74 Å². The smallest absolute Gasteiger partial charge is 0.354 e. The number of nitrogens with zero attached hydrogens (tertiary/aromatic N) is 2. The van der Waals surface area contributed by atoms with Crippen molar-refractivity contribution in [3.05, 3.63) is 41.9 Å². The summed E-state index contributed by atoms with van der Waals surface area (Å²) in [6, 6.07) is 3.49. The fraction of sp³-hybridized carbons (Fsp3) is 0.231. The first-order valence-electron chi connectivity index (χ1n) is 5.49. The van der Waals surface area contributed by atoms with E-state index < -0.39 is 5.97 Å². The van der Waals surface area contributed by atoms with E-state index in [1.807, 2.05) is 6.92 Å². The minimum atomic E-state index is -1.00. The molecule has 0 spiro atoms. The Morgan fingerprint density at radius 3 is 2.94 bits per heavy atom. The molecule has 94 valence electrons. The summed E-state index contributed by atoms with van der Waals surface area (Å²) in [5.41, 5.74) is 2.02. The molecule has 5 nitrogen and oxygen atoms in total. The molecule has 0 saturated carbocycles. The maximum atomic E-state index is 11.2. The predicted octanol–water partition coefficient (Wildman–Crippen LogP) is 2.30. The van der Waals surface area contributed by atoms with Crippen LogP contribution in [-0.2, 0) is 0 Å². The Morgan fingerprint density at radius 2 is 2.33 bits per heavy atom. The highest BCUT2D eigenvalue weighted by molar-refractivity contribution is 5.88. The molecule has 2 rings (SSSR count). The van der Waals surface area contributed by atoms with Gasteiger partial charge in [-0.1, -0.05) is 6.58 Å². The van der Waals surface area contributed by atoms with Crippen molar-refractivity contribution in [3.8, 4) is 5.75 Å². The van der Waals surface area contributed by atoms with Crippen LogP contribution in [0.5, 0.6) is 5.75 Å². The molecule has 2 aromatic rings. The van der Waals surface area contributed by atoms with E-state index in [4.69, 9.17) is 9.84 Å². The van der Waals surface area contributed by atoms with E-state index in [0.717, 1.165) is 5.57 Å². The number of aryl methyl sites for hydroxylation is 1. The molecule has 0 aliphatic heterocycles. The van der Waals surface area contributed by atoms with Crippen LogP contribution in [0, 0.1) is 6.92 Å². The maximum absolute atomic E-state index is 11.2. The number of hydrogen-bond donors (Lipinski definition) is 1. The molecule has 0 amide bonds. The number of hydrogen-bond acceptors (Lipinski definition) is 3. The number of aromatic nitrogens is 2. The average Bonchev–Trinajstić information content (AvgIpc) is 2.62. The maximum Gasteiger partial charge on any atom is 0.354 e. The summed E-state index contributed by atoms with van der Waals surface area (Å²) in [5, 5.41) is 9.15. The van der Waals surface area contributed by atoms with Crippen LogP contribution in [-0.4, -0.2) is 27.1 Å². The van der Waals surface area contributed by atoms with E-state index in [9.17, 15) is 4.79 Å². The Kier molecular flexibility index (Phi) is 3.06. The van der Waals surface area contributed by atoms with Gasteiger partial charge in [0, 0.05) is 6.20 Å². The van der Waals surface area contributed by atoms with Crippen molar-refractivity contribution >= 4 is 11.6 Å². The van der Waals surface area contributed by atoms with Crippen molar-refractivity contribution < 1.29 is 14.6 Å². The fourth-order valence-electron chi connectivity index (χ4n) is 1.73. The van der Waals surface area contributed by atoms with E-state index in [-0.39, 0.29) is 5.69 Å². The monoisotopic (exact) mass is 246 g/mol. The van der Waals surface area contributed by atoms with Crippen LogP contribution in [0.15, 0.2) is 30.5 Å². The van der Waals surface area contributed by atoms with E-state index in [1.54, 1.807) is 25.3 Å². The molecule has 18 heavy (non-hydrogen) atoms. The summed E-state index contributed by atoms with van der Waals surface area (Å²) in [6.45, 7) is 7.66. The Morgan fingerprint density at radius 1 is 1.61 bits per heavy atom. The lowest BCUT2D eigenvalue weighted by Gasteiger charge is -2.06. The van der Waals surface area contributed by atoms with Crippen LogP contribution in [0.25, 0.3) is 5.65 Å². The number of imidazole rings is 1. The van der Waals surface area contributed by atoms with Crippen molar-refractivity contribution in [1.29, 1.82) is 0 Å². The highest BCUT2D eigenvalue weighted by Crippen LogP contribution is 2.22. The summed E-state index contributed by atoms with van der Waals surface area (Å²) in [5.74, 6) is -0.451. The van der Waals surface area contributed by atoms with Crippen molar-refractivity contribution in [2.24, 2.45) is 0 Å². The second-order valence-corrected chi connectivity index (χ2v) is 4.16. The van der Waals surface area contributed by atoms with Gasteiger partial charge in [0.05, 0.1) is 5.69 Å². The Bertz CT molecular complexity index is 628. The summed E-state index contributed by atoms with van der Waals surface area (Å²) in [6.07, 6.45) is 1.66. The molecule has 0 unspecified atom stereocenters. The Balaban J connectivity index is 2.54. The number of ether oxygens (including phenoxy) is 1. The number of carbonyl (C=O) groups is 1. The second kappa shape index (κ2) is 4.52. The molecule has 0 aliphatic carbocycles. The van der Waals surface area contributed by atoms with Crippen LogP contribution in [0.2, 0.25) is 0 Å². The van der Waals surface area contributed by atoms with Crippen molar-refractivity contribution in [2.75, 3.05) is 6.61 Å². The van der Waals surface area contributed by atoms with Crippen molar-refractivity contribution in [3.63, 3.8) is 0 Å². The normalized spacial score (nSPS) is 10.6. The highest BCUT2D eigenvalue weighted by atomic mass is 16.5. The lowest BCUT2D eigenvalue weighted by atomic mass is 10.3. The second-order valence-electron chi connectivity index (χ2n) is 4.16. The molecular weight excluding hydrogens is 232 g/mol. The highest BCUT2D eigenvalue weighted by Gasteiger charge is 2.17. The Labute approximate surface area is 104 Å². The summed E-state index contributed by atoms with van der Waals surface area (Å²) in [7, 11) is 0. The van der Waals surface area contributed by atoms with Gasteiger partial charge in [-0.15, -0.1) is 0 Å². The standard InChI is InChI=1S/C13H14N2O3/c1-8(2)7-18-10-5-4-6-15-11(13(16)17)9(3)14-12(10)15/h4-6H,1,7H2,2-3H3,(H,16,17). The van der Waals surface area contributed by atoms with Gasteiger partial charge in [0.1, 0.15) is 6.61 Å². The molecule has 0 aromatic carbocycles. The number of pyridine rings is 1. The van der Waals surface area contributed by atoms with Gasteiger partial charge < -0.3 is 9.84 Å². The average molecular weight is 246 g/mol. The first kappa shape index (κ1) is 12.2. The molecule has 0 fully saturated rings. The molecule has 1 N–H and O–H groups in total. The molecule has 0 radical (unpaired) electrons. The van der Waals surface area contributed by atoms with Gasteiger partial charge in [-0.05, 0) is 31.6 Å². The third-order valence-electron chi connectivity index (χ3n) is 2.47. The van der Waals surface area contributed by atoms with E-state index in [2.05, 4.69) is 11.6 Å². The zero-order valence-corrected chi connectivity index (χ0v) is 10.3. The Hall–Kier alpha value is -2.30. The first-order valence-corrected chi connectivity index (χ1v) is 5.49. The molecule has 5 heteroatoms. The number of carboxylic acids is 1. The van der Waals surface area contributed by atoms with Gasteiger partial charge in [0.15, 0.2) is 17.1 Å². The van der Waals surface area contributed by atoms with Gasteiger partial charge in [-0.2, -0.15) is 0 Å². The predicted molar refractivity (Wildman–Crippen MR) is 67.2 cm³/mol. The van der Waals surface area contributed by atoms with Gasteiger partial charge in [0.2, 0.25) is 0 Å². The van der Waals surface area contributed by atoms with Crippen molar-refractivity contribution in [2.45, 2.75) is 13.8 Å². The van der Waals surface area contributed by atoms with Crippen LogP contribution in [0.4, 0.5) is 0 Å². The van der Waals surface area contributed by atoms with E-state index >= 15 is 0 Å². The molecular formula is C13H14N2O3. The third kappa shape index (κ3) is 2.07. The van der Waals surface area contributed by atoms with Gasteiger partial charge >= 0.3 is 5.97 Å². The molecule has 2 heterocycles. The van der Waals surface area contributed by atoms with Gasteiger partial charge in [-0.3, -0.25) is 4.40 Å². The largest absolute Gasteiger partial charge is 0.485 e. The van der Waals surface area contributed by atoms with Gasteiger partial charge in [-0.25, -0.2) is 9.78 Å². The van der Waals surface area contributed by atoms with E-state index in [1.165, 1.54) is 4.40 Å². The fourth-order valence-corrected chi connectivity index (χ4v) is 1.73. The summed E-state index contributed by atoms with van der Waals surface area (Å²) in [4.78, 5) is 15.4. The topological polar surface area (TPSA) is 63.8 Å². The number of fused-ring (bicyclic) bond motifs is 1. The van der Waals surface area contributed by atoms with Crippen LogP contribution >= 0.6 is 0 Å². The zero-order valence-electron chi connectivity index (χ0n) is 10.3. The SMILES string of the molecule is C=C(C)COc1cccn2c(C(=O)O)c(C)nc12. The lowest BCUT2D eigenvalue weighted by Crippen LogP contribution is -2.04. The molecule has 0 bridgehead atoms. The zero-order chi connectivity index (χ0) is 13.3. The number of rotatable bonds is 4. The molecule has 0 saturated heterocycles. The number of aromatic carboxylic acids is 1. The number of carboxylic acid groups (broad SMARTS) is 1. The van der Waals surface area contributed by atoms with Crippen molar-refractivity contribution in [1.82, 2.24) is 9.38 Å². The molecule has 0 aliphatic rings. The molecule has 2 aromatic heterocycles. The lowest BCUT2D eigenvalue weighted by molar-refractivity contribution is 0.0688. The summed E-state index contributed by atoms with van der Waals surface area (Å²) >= 11 is 0. The third-order valence-corrected chi connectivity index (χ3v) is 2.47. The minimum absolute atomic E-state index is 0.158. The first-order chi connectivity index (χ1) is 8.50. The quantitative estimate of drug-likeness (QED) is 0.841. The minimum Gasteiger partial charge on any atom is -0.485 e. The van der Waals surface area contributed by atoms with E-state index in [0.29, 0.717) is 23.7 Å². The molecule has 0 atom stereocenters. The van der Waals surface area contributed by atoms with Crippen LogP contribution in [0.1, 0.15) is 23.1 Å². The van der Waals surface area contributed by atoms with Gasteiger partial charge in [0.25, 0.3) is 0 Å². The summed E-state index contributed by atoms with van der Waals surface area (Å²) < 4.78 is 7.07.